The van der Waals surface area contributed by atoms with Gasteiger partial charge in [-0.15, -0.1) is 0 Å². The van der Waals surface area contributed by atoms with E-state index in [0.717, 1.165) is 16.7 Å². The maximum atomic E-state index is 12.9. The topological polar surface area (TPSA) is 35.2 Å². The summed E-state index contributed by atoms with van der Waals surface area (Å²) in [4.78, 5) is 0. The Morgan fingerprint density at radius 1 is 1.41 bits per heavy atom. The van der Waals surface area contributed by atoms with Crippen molar-refractivity contribution in [1.82, 2.24) is 0 Å². The molecule has 1 aromatic carbocycles. The van der Waals surface area contributed by atoms with E-state index in [0.29, 0.717) is 13.2 Å². The quantitative estimate of drug-likeness (QED) is 0.879. The Balaban J connectivity index is 2.17. The van der Waals surface area contributed by atoms with E-state index in [1.807, 2.05) is 18.2 Å². The van der Waals surface area contributed by atoms with Crippen LogP contribution in [-0.4, -0.2) is 13.0 Å². The van der Waals surface area contributed by atoms with E-state index in [9.17, 15) is 8.78 Å². The molecular formula is C13H17F2NO. The van der Waals surface area contributed by atoms with Gasteiger partial charge in [0.1, 0.15) is 0 Å². The summed E-state index contributed by atoms with van der Waals surface area (Å²) in [5.74, 6) is -2.53. The van der Waals surface area contributed by atoms with Crippen molar-refractivity contribution in [3.8, 4) is 0 Å². The smallest absolute Gasteiger partial charge is 0.249 e. The highest BCUT2D eigenvalue weighted by Crippen LogP contribution is 2.49. The Morgan fingerprint density at radius 2 is 2.12 bits per heavy atom. The van der Waals surface area contributed by atoms with Gasteiger partial charge in [0.2, 0.25) is 5.92 Å². The fourth-order valence-corrected chi connectivity index (χ4v) is 2.37. The molecule has 0 amide bonds. The van der Waals surface area contributed by atoms with E-state index in [4.69, 9.17) is 10.5 Å². The van der Waals surface area contributed by atoms with Crippen molar-refractivity contribution in [3.63, 3.8) is 0 Å². The molecule has 0 saturated heterocycles. The van der Waals surface area contributed by atoms with Gasteiger partial charge in [0.25, 0.3) is 0 Å². The lowest BCUT2D eigenvalue weighted by Gasteiger charge is -2.36. The standard InChI is InChI=1S/C13H17F2NO/c1-17-8-9-2-3-12(10(4-9)7-16)11-5-13(14,15)6-11/h2-4,11H,5-8,16H2,1H3. The Kier molecular flexibility index (Phi) is 3.45. The molecule has 1 saturated carbocycles. The molecule has 1 aliphatic rings. The van der Waals surface area contributed by atoms with Crippen molar-refractivity contribution >= 4 is 0 Å². The lowest BCUT2D eigenvalue weighted by Crippen LogP contribution is -2.34. The van der Waals surface area contributed by atoms with E-state index in [2.05, 4.69) is 0 Å². The van der Waals surface area contributed by atoms with Gasteiger partial charge >= 0.3 is 0 Å². The number of nitrogens with two attached hydrogens (primary N) is 1. The molecule has 17 heavy (non-hydrogen) atoms. The zero-order chi connectivity index (χ0) is 12.5. The van der Waals surface area contributed by atoms with Gasteiger partial charge in [-0.25, -0.2) is 8.78 Å². The van der Waals surface area contributed by atoms with Gasteiger partial charge in [-0.3, -0.25) is 0 Å². The van der Waals surface area contributed by atoms with E-state index < -0.39 is 5.92 Å². The van der Waals surface area contributed by atoms with Gasteiger partial charge in [-0.2, -0.15) is 0 Å². The minimum Gasteiger partial charge on any atom is -0.380 e. The minimum absolute atomic E-state index is 0.0415. The lowest BCUT2D eigenvalue weighted by molar-refractivity contribution is -0.0869. The van der Waals surface area contributed by atoms with Crippen molar-refractivity contribution in [2.24, 2.45) is 5.73 Å². The minimum atomic E-state index is -2.48. The largest absolute Gasteiger partial charge is 0.380 e. The molecular weight excluding hydrogens is 224 g/mol. The molecule has 0 spiro atoms. The van der Waals surface area contributed by atoms with Gasteiger partial charge in [-0.05, 0) is 22.6 Å². The summed E-state index contributed by atoms with van der Waals surface area (Å²) >= 11 is 0. The van der Waals surface area contributed by atoms with Crippen LogP contribution in [0.1, 0.15) is 35.4 Å². The number of benzene rings is 1. The van der Waals surface area contributed by atoms with Gasteiger partial charge in [0.15, 0.2) is 0 Å². The molecule has 2 N–H and O–H groups in total. The van der Waals surface area contributed by atoms with Crippen LogP contribution in [0.4, 0.5) is 8.78 Å². The summed E-state index contributed by atoms with van der Waals surface area (Å²) in [6.07, 6.45) is -0.104. The van der Waals surface area contributed by atoms with E-state index in [-0.39, 0.29) is 18.8 Å². The summed E-state index contributed by atoms with van der Waals surface area (Å²) in [6, 6.07) is 5.79. The molecule has 1 aliphatic carbocycles. The lowest BCUT2D eigenvalue weighted by atomic mass is 9.75. The molecule has 0 aromatic heterocycles. The van der Waals surface area contributed by atoms with Crippen molar-refractivity contribution in [2.75, 3.05) is 7.11 Å². The predicted molar refractivity (Wildman–Crippen MR) is 62.0 cm³/mol. The van der Waals surface area contributed by atoms with Crippen molar-refractivity contribution in [3.05, 3.63) is 34.9 Å². The zero-order valence-corrected chi connectivity index (χ0v) is 9.88. The van der Waals surface area contributed by atoms with Crippen molar-refractivity contribution in [1.29, 1.82) is 0 Å². The molecule has 0 unspecified atom stereocenters. The monoisotopic (exact) mass is 241 g/mol. The van der Waals surface area contributed by atoms with Crippen LogP contribution in [-0.2, 0) is 17.9 Å². The molecule has 2 rings (SSSR count). The predicted octanol–water partition coefficient (Wildman–Crippen LogP) is 2.80. The number of halogens is 2. The first-order valence-electron chi connectivity index (χ1n) is 5.74. The summed E-state index contributed by atoms with van der Waals surface area (Å²) in [5, 5.41) is 0. The second-order valence-electron chi connectivity index (χ2n) is 4.63. The average Bonchev–Trinajstić information content (AvgIpc) is 2.26. The third kappa shape index (κ3) is 2.64. The first kappa shape index (κ1) is 12.5. The fourth-order valence-electron chi connectivity index (χ4n) is 2.37. The summed E-state index contributed by atoms with van der Waals surface area (Å²) in [6.45, 7) is 0.906. The van der Waals surface area contributed by atoms with Crippen LogP contribution in [0.5, 0.6) is 0 Å². The highest BCUT2D eigenvalue weighted by Gasteiger charge is 2.46. The second kappa shape index (κ2) is 4.70. The SMILES string of the molecule is COCc1ccc(C2CC(F)(F)C2)c(CN)c1. The molecule has 94 valence electrons. The van der Waals surface area contributed by atoms with Gasteiger partial charge < -0.3 is 10.5 Å². The molecule has 1 fully saturated rings. The van der Waals surface area contributed by atoms with Crippen LogP contribution < -0.4 is 5.73 Å². The average molecular weight is 241 g/mol. The van der Waals surface area contributed by atoms with Crippen LogP contribution in [0.3, 0.4) is 0 Å². The first-order valence-corrected chi connectivity index (χ1v) is 5.74. The molecule has 0 atom stereocenters. The molecule has 2 nitrogen and oxygen atoms in total. The number of hydrogen-bond donors (Lipinski definition) is 1. The zero-order valence-electron chi connectivity index (χ0n) is 9.88. The molecule has 0 bridgehead atoms. The molecule has 0 radical (unpaired) electrons. The summed E-state index contributed by atoms with van der Waals surface area (Å²) in [7, 11) is 1.63. The van der Waals surface area contributed by atoms with Gasteiger partial charge in [0, 0.05) is 26.5 Å². The Morgan fingerprint density at radius 3 is 2.65 bits per heavy atom. The second-order valence-corrected chi connectivity index (χ2v) is 4.63. The van der Waals surface area contributed by atoms with Crippen LogP contribution in [0.15, 0.2) is 18.2 Å². The van der Waals surface area contributed by atoms with Crippen LogP contribution in [0.2, 0.25) is 0 Å². The third-order valence-corrected chi connectivity index (χ3v) is 3.27. The van der Waals surface area contributed by atoms with E-state index >= 15 is 0 Å². The normalized spacial score (nSPS) is 19.1. The highest BCUT2D eigenvalue weighted by atomic mass is 19.3. The Labute approximate surface area is 99.8 Å². The number of rotatable bonds is 4. The number of methoxy groups -OCH3 is 1. The molecule has 1 aromatic rings. The fraction of sp³-hybridized carbons (Fsp3) is 0.538. The number of ether oxygens (including phenoxy) is 1. The van der Waals surface area contributed by atoms with Crippen LogP contribution in [0, 0.1) is 0 Å². The Hall–Kier alpha value is -1.00. The van der Waals surface area contributed by atoms with Crippen LogP contribution in [0.25, 0.3) is 0 Å². The van der Waals surface area contributed by atoms with Crippen LogP contribution >= 0.6 is 0 Å². The number of hydrogen-bond acceptors (Lipinski definition) is 2. The van der Waals surface area contributed by atoms with Crippen molar-refractivity contribution < 1.29 is 13.5 Å². The first-order chi connectivity index (χ1) is 8.05. The molecule has 4 heteroatoms. The maximum absolute atomic E-state index is 12.9. The molecule has 0 heterocycles. The highest BCUT2D eigenvalue weighted by molar-refractivity contribution is 5.36. The van der Waals surface area contributed by atoms with Crippen molar-refractivity contribution in [2.45, 2.75) is 37.8 Å². The van der Waals surface area contributed by atoms with Gasteiger partial charge in [0.05, 0.1) is 6.61 Å². The summed E-state index contributed by atoms with van der Waals surface area (Å²) in [5.41, 5.74) is 8.63. The molecule has 0 aliphatic heterocycles. The van der Waals surface area contributed by atoms with Gasteiger partial charge in [-0.1, -0.05) is 18.2 Å². The van der Waals surface area contributed by atoms with E-state index in [1.165, 1.54) is 0 Å². The number of alkyl halides is 2. The van der Waals surface area contributed by atoms with E-state index in [1.54, 1.807) is 7.11 Å². The Bertz CT molecular complexity index is 398. The maximum Gasteiger partial charge on any atom is 0.249 e. The summed E-state index contributed by atoms with van der Waals surface area (Å²) < 4.78 is 30.8. The third-order valence-electron chi connectivity index (χ3n) is 3.27.